The molecule has 0 spiro atoms. The fraction of sp³-hybridized carbons (Fsp3) is 0.333. The number of rotatable bonds is 5. The first-order chi connectivity index (χ1) is 9.56. The summed E-state index contributed by atoms with van der Waals surface area (Å²) in [5.74, 6) is -1.29. The van der Waals surface area contributed by atoms with E-state index in [1.54, 1.807) is 18.5 Å². The van der Waals surface area contributed by atoms with Gasteiger partial charge in [0.2, 0.25) is 0 Å². The number of aryl methyl sites for hydroxylation is 2. The summed E-state index contributed by atoms with van der Waals surface area (Å²) < 4.78 is 6.85. The number of carboxylic acids is 1. The number of carbonyl (C=O) groups excluding carboxylic acids is 1. The molecule has 106 valence electrons. The van der Waals surface area contributed by atoms with Crippen molar-refractivity contribution in [2.45, 2.75) is 19.8 Å². The minimum atomic E-state index is -0.882. The van der Waals surface area contributed by atoms with Gasteiger partial charge in [-0.25, -0.2) is 4.79 Å². The molecule has 0 bridgehead atoms. The second kappa shape index (κ2) is 5.77. The van der Waals surface area contributed by atoms with E-state index in [2.05, 4.69) is 0 Å². The Bertz CT molecular complexity index is 657. The molecule has 0 aliphatic rings. The number of benzene rings is 1. The zero-order valence-corrected chi connectivity index (χ0v) is 11.5. The number of fused-ring (bicyclic) bond motifs is 1. The highest BCUT2D eigenvalue weighted by molar-refractivity contribution is 5.99. The van der Waals surface area contributed by atoms with Gasteiger partial charge in [0.25, 0.3) is 0 Å². The highest BCUT2D eigenvalue weighted by Crippen LogP contribution is 2.27. The van der Waals surface area contributed by atoms with E-state index in [-0.39, 0.29) is 6.42 Å². The summed E-state index contributed by atoms with van der Waals surface area (Å²) in [6.07, 6.45) is 0.297. The first-order valence-electron chi connectivity index (χ1n) is 6.51. The van der Waals surface area contributed by atoms with Crippen molar-refractivity contribution in [2.24, 2.45) is 7.05 Å². The van der Waals surface area contributed by atoms with Gasteiger partial charge >= 0.3 is 11.9 Å². The van der Waals surface area contributed by atoms with Gasteiger partial charge < -0.3 is 14.4 Å². The quantitative estimate of drug-likeness (QED) is 0.851. The van der Waals surface area contributed by atoms with E-state index in [4.69, 9.17) is 9.84 Å². The number of nitrogens with zero attached hydrogens (tertiary/aromatic N) is 1. The lowest BCUT2D eigenvalue weighted by Crippen LogP contribution is -2.12. The lowest BCUT2D eigenvalue weighted by molar-refractivity contribution is -0.136. The number of esters is 1. The lowest BCUT2D eigenvalue weighted by Gasteiger charge is -2.06. The van der Waals surface area contributed by atoms with E-state index in [0.29, 0.717) is 18.7 Å². The number of ether oxygens (including phenoxy) is 1. The summed E-state index contributed by atoms with van der Waals surface area (Å²) in [6, 6.07) is 7.57. The van der Waals surface area contributed by atoms with Crippen molar-refractivity contribution >= 4 is 22.8 Å². The number of carbonyl (C=O) groups is 2. The number of aliphatic carboxylic acids is 1. The molecule has 5 nitrogen and oxygen atoms in total. The third kappa shape index (κ3) is 2.52. The minimum absolute atomic E-state index is 0.0135. The molecule has 1 aromatic heterocycles. The van der Waals surface area contributed by atoms with Crippen LogP contribution in [0.4, 0.5) is 0 Å². The maximum atomic E-state index is 12.1. The maximum Gasteiger partial charge on any atom is 0.355 e. The Morgan fingerprint density at radius 3 is 2.65 bits per heavy atom. The van der Waals surface area contributed by atoms with Gasteiger partial charge in [-0.15, -0.1) is 0 Å². The Morgan fingerprint density at radius 1 is 1.30 bits per heavy atom. The van der Waals surface area contributed by atoms with Crippen molar-refractivity contribution < 1.29 is 19.4 Å². The van der Waals surface area contributed by atoms with Crippen LogP contribution in [0.3, 0.4) is 0 Å². The van der Waals surface area contributed by atoms with Gasteiger partial charge in [-0.2, -0.15) is 0 Å². The number of carboxylic acid groups (broad SMARTS) is 1. The average molecular weight is 275 g/mol. The summed E-state index contributed by atoms with van der Waals surface area (Å²) in [5.41, 5.74) is 2.08. The van der Waals surface area contributed by atoms with E-state index >= 15 is 0 Å². The molecule has 1 heterocycles. The van der Waals surface area contributed by atoms with Crippen LogP contribution in [0.15, 0.2) is 24.3 Å². The molecule has 0 unspecified atom stereocenters. The van der Waals surface area contributed by atoms with Crippen molar-refractivity contribution in [2.75, 3.05) is 6.61 Å². The van der Waals surface area contributed by atoms with Crippen LogP contribution in [0.2, 0.25) is 0 Å². The average Bonchev–Trinajstić information content (AvgIpc) is 2.70. The molecule has 0 radical (unpaired) electrons. The molecule has 0 saturated heterocycles. The second-order valence-electron chi connectivity index (χ2n) is 4.52. The number of aromatic nitrogens is 1. The number of hydrogen-bond donors (Lipinski definition) is 1. The van der Waals surface area contributed by atoms with Gasteiger partial charge in [-0.1, -0.05) is 18.2 Å². The largest absolute Gasteiger partial charge is 0.481 e. The topological polar surface area (TPSA) is 68.5 Å². The van der Waals surface area contributed by atoms with E-state index in [1.807, 2.05) is 24.3 Å². The molecule has 2 rings (SSSR count). The van der Waals surface area contributed by atoms with Crippen LogP contribution >= 0.6 is 0 Å². The van der Waals surface area contributed by atoms with E-state index in [1.165, 1.54) is 0 Å². The molecule has 2 aromatic rings. The standard InChI is InChI=1S/C15H17NO4/c1-3-20-15(19)14-11(8-9-13(17)18)10-6-4-5-7-12(10)16(14)2/h4-7H,3,8-9H2,1-2H3,(H,17,18). The van der Waals surface area contributed by atoms with Crippen molar-refractivity contribution in [1.82, 2.24) is 4.57 Å². The van der Waals surface area contributed by atoms with Crippen molar-refractivity contribution in [1.29, 1.82) is 0 Å². The molecule has 0 saturated carbocycles. The van der Waals surface area contributed by atoms with Gasteiger partial charge in [0.15, 0.2) is 0 Å². The molecule has 0 fully saturated rings. The summed E-state index contributed by atoms with van der Waals surface area (Å²) in [5, 5.41) is 9.77. The van der Waals surface area contributed by atoms with Crippen LogP contribution < -0.4 is 0 Å². The smallest absolute Gasteiger partial charge is 0.355 e. The Morgan fingerprint density at radius 2 is 2.00 bits per heavy atom. The van der Waals surface area contributed by atoms with Gasteiger partial charge in [0.1, 0.15) is 5.69 Å². The second-order valence-corrected chi connectivity index (χ2v) is 4.52. The first kappa shape index (κ1) is 14.1. The fourth-order valence-electron chi connectivity index (χ4n) is 2.42. The van der Waals surface area contributed by atoms with E-state index in [9.17, 15) is 9.59 Å². The third-order valence-corrected chi connectivity index (χ3v) is 3.27. The SMILES string of the molecule is CCOC(=O)c1c(CCC(=O)O)c2ccccc2n1C. The highest BCUT2D eigenvalue weighted by Gasteiger charge is 2.22. The molecule has 0 aliphatic heterocycles. The van der Waals surface area contributed by atoms with Crippen LogP contribution in [-0.2, 0) is 23.0 Å². The molecule has 0 atom stereocenters. The maximum absolute atomic E-state index is 12.1. The molecule has 0 aliphatic carbocycles. The normalized spacial score (nSPS) is 10.7. The third-order valence-electron chi connectivity index (χ3n) is 3.27. The summed E-state index contributed by atoms with van der Waals surface area (Å²) in [7, 11) is 1.79. The van der Waals surface area contributed by atoms with Gasteiger partial charge in [-0.05, 0) is 25.0 Å². The summed E-state index contributed by atoms with van der Waals surface area (Å²) in [4.78, 5) is 22.9. The van der Waals surface area contributed by atoms with Crippen LogP contribution in [-0.4, -0.2) is 28.2 Å². The Hall–Kier alpha value is -2.30. The Balaban J connectivity index is 2.57. The molecule has 1 aromatic carbocycles. The molecule has 1 N–H and O–H groups in total. The summed E-state index contributed by atoms with van der Waals surface area (Å²) in [6.45, 7) is 2.04. The molecule has 20 heavy (non-hydrogen) atoms. The van der Waals surface area contributed by atoms with Crippen molar-refractivity contribution in [3.8, 4) is 0 Å². The van der Waals surface area contributed by atoms with Gasteiger partial charge in [0.05, 0.1) is 6.61 Å². The van der Waals surface area contributed by atoms with Crippen LogP contribution in [0.5, 0.6) is 0 Å². The Kier molecular flexibility index (Phi) is 4.08. The van der Waals surface area contributed by atoms with Crippen LogP contribution in [0.25, 0.3) is 10.9 Å². The lowest BCUT2D eigenvalue weighted by atomic mass is 10.1. The van der Waals surface area contributed by atoms with E-state index in [0.717, 1.165) is 16.5 Å². The molecule has 0 amide bonds. The predicted octanol–water partition coefficient (Wildman–Crippen LogP) is 2.37. The predicted molar refractivity (Wildman–Crippen MR) is 74.8 cm³/mol. The molecular weight excluding hydrogens is 258 g/mol. The zero-order chi connectivity index (χ0) is 14.7. The number of hydrogen-bond acceptors (Lipinski definition) is 3. The monoisotopic (exact) mass is 275 g/mol. The van der Waals surface area contributed by atoms with E-state index < -0.39 is 11.9 Å². The first-order valence-corrected chi connectivity index (χ1v) is 6.51. The van der Waals surface area contributed by atoms with Crippen LogP contribution in [0.1, 0.15) is 29.4 Å². The highest BCUT2D eigenvalue weighted by atomic mass is 16.5. The Labute approximate surface area is 116 Å². The minimum Gasteiger partial charge on any atom is -0.481 e. The van der Waals surface area contributed by atoms with Crippen LogP contribution in [0, 0.1) is 0 Å². The summed E-state index contributed by atoms with van der Waals surface area (Å²) >= 11 is 0. The zero-order valence-electron chi connectivity index (χ0n) is 11.5. The van der Waals surface area contributed by atoms with Gasteiger partial charge in [0, 0.05) is 24.4 Å². The number of para-hydroxylation sites is 1. The molecule has 5 heteroatoms. The van der Waals surface area contributed by atoms with Gasteiger partial charge in [-0.3, -0.25) is 4.79 Å². The van der Waals surface area contributed by atoms with Crippen molar-refractivity contribution in [3.63, 3.8) is 0 Å². The molecular formula is C15H17NO4. The van der Waals surface area contributed by atoms with Crippen molar-refractivity contribution in [3.05, 3.63) is 35.5 Å². The fourth-order valence-corrected chi connectivity index (χ4v) is 2.42.